The lowest BCUT2D eigenvalue weighted by Gasteiger charge is -2.17. The van der Waals surface area contributed by atoms with E-state index in [0.29, 0.717) is 26.1 Å². The quantitative estimate of drug-likeness (QED) is 0.335. The van der Waals surface area contributed by atoms with Gasteiger partial charge in [0.05, 0.1) is 23.3 Å². The van der Waals surface area contributed by atoms with Crippen molar-refractivity contribution in [2.45, 2.75) is 13.3 Å². The fourth-order valence-corrected chi connectivity index (χ4v) is 2.84. The standard InChI is InChI=1S/C11H17ClN4O4S/c1-3-15(21(2,19)20)6-4-5-13-11-8-9(16(17)18)7-10(12)14-11/h7-8H,3-6H2,1-2H3,(H,13,14). The number of anilines is 1. The van der Waals surface area contributed by atoms with Crippen molar-refractivity contribution >= 4 is 33.1 Å². The van der Waals surface area contributed by atoms with Crippen LogP contribution in [-0.2, 0) is 10.0 Å². The third kappa shape index (κ3) is 5.82. The van der Waals surface area contributed by atoms with Gasteiger partial charge < -0.3 is 5.32 Å². The molecule has 8 nitrogen and oxygen atoms in total. The molecule has 0 saturated carbocycles. The summed E-state index contributed by atoms with van der Waals surface area (Å²) in [4.78, 5) is 14.1. The minimum absolute atomic E-state index is 0.0259. The SMILES string of the molecule is CCN(CCCNc1cc([N+](=O)[O-])cc(Cl)n1)S(C)(=O)=O. The van der Waals surface area contributed by atoms with Crippen molar-refractivity contribution < 1.29 is 13.3 Å². The van der Waals surface area contributed by atoms with Gasteiger partial charge in [0.25, 0.3) is 5.69 Å². The highest BCUT2D eigenvalue weighted by Crippen LogP contribution is 2.20. The third-order valence-corrected chi connectivity index (χ3v) is 4.27. The molecular formula is C11H17ClN4O4S. The molecule has 10 heteroatoms. The molecule has 0 aliphatic heterocycles. The van der Waals surface area contributed by atoms with Gasteiger partial charge in [-0.3, -0.25) is 10.1 Å². The van der Waals surface area contributed by atoms with Crippen molar-refractivity contribution in [2.24, 2.45) is 0 Å². The summed E-state index contributed by atoms with van der Waals surface area (Å²) in [6.45, 7) is 2.96. The fourth-order valence-electron chi connectivity index (χ4n) is 1.71. The van der Waals surface area contributed by atoms with Crippen molar-refractivity contribution in [3.05, 3.63) is 27.4 Å². The molecule has 0 aromatic carbocycles. The number of hydrogen-bond donors (Lipinski definition) is 1. The molecule has 0 aliphatic carbocycles. The van der Waals surface area contributed by atoms with E-state index < -0.39 is 14.9 Å². The van der Waals surface area contributed by atoms with Gasteiger partial charge >= 0.3 is 0 Å². The van der Waals surface area contributed by atoms with Crippen LogP contribution in [0, 0.1) is 10.1 Å². The van der Waals surface area contributed by atoms with Gasteiger partial charge in [0.2, 0.25) is 10.0 Å². The molecule has 21 heavy (non-hydrogen) atoms. The smallest absolute Gasteiger partial charge is 0.276 e. The first kappa shape index (κ1) is 17.6. The summed E-state index contributed by atoms with van der Waals surface area (Å²) in [7, 11) is -3.21. The van der Waals surface area contributed by atoms with Crippen LogP contribution in [0.1, 0.15) is 13.3 Å². The van der Waals surface area contributed by atoms with Gasteiger partial charge in [-0.15, -0.1) is 0 Å². The Morgan fingerprint density at radius 1 is 1.48 bits per heavy atom. The highest BCUT2D eigenvalue weighted by molar-refractivity contribution is 7.88. The van der Waals surface area contributed by atoms with Crippen LogP contribution in [0.15, 0.2) is 12.1 Å². The van der Waals surface area contributed by atoms with Crippen LogP contribution >= 0.6 is 11.6 Å². The molecule has 0 saturated heterocycles. The number of rotatable bonds is 8. The number of halogens is 1. The molecule has 1 aromatic heterocycles. The Bertz CT molecular complexity index is 608. The first-order valence-electron chi connectivity index (χ1n) is 6.25. The van der Waals surface area contributed by atoms with Crippen LogP contribution in [0.5, 0.6) is 0 Å². The monoisotopic (exact) mass is 336 g/mol. The van der Waals surface area contributed by atoms with Crippen LogP contribution < -0.4 is 5.32 Å². The molecule has 0 fully saturated rings. The maximum Gasteiger partial charge on any atom is 0.276 e. The van der Waals surface area contributed by atoms with E-state index in [-0.39, 0.29) is 16.7 Å². The first-order valence-corrected chi connectivity index (χ1v) is 8.47. The maximum absolute atomic E-state index is 11.4. The number of aromatic nitrogens is 1. The zero-order valence-corrected chi connectivity index (χ0v) is 13.3. The van der Waals surface area contributed by atoms with E-state index in [2.05, 4.69) is 10.3 Å². The second-order valence-electron chi connectivity index (χ2n) is 4.33. The van der Waals surface area contributed by atoms with E-state index in [1.54, 1.807) is 6.92 Å². The second kappa shape index (κ2) is 7.53. The van der Waals surface area contributed by atoms with E-state index in [0.717, 1.165) is 12.3 Å². The number of sulfonamides is 1. The van der Waals surface area contributed by atoms with E-state index >= 15 is 0 Å². The average molecular weight is 337 g/mol. The summed E-state index contributed by atoms with van der Waals surface area (Å²) < 4.78 is 24.1. The van der Waals surface area contributed by atoms with Gasteiger partial charge in [0.1, 0.15) is 11.0 Å². The Labute approximate surface area is 128 Å². The van der Waals surface area contributed by atoms with Crippen molar-refractivity contribution in [3.8, 4) is 0 Å². The summed E-state index contributed by atoms with van der Waals surface area (Å²) in [5.74, 6) is 0.289. The predicted molar refractivity (Wildman–Crippen MR) is 81.1 cm³/mol. The van der Waals surface area contributed by atoms with Gasteiger partial charge in [0.15, 0.2) is 0 Å². The normalized spacial score (nSPS) is 11.6. The first-order chi connectivity index (χ1) is 9.74. The molecule has 1 heterocycles. The Morgan fingerprint density at radius 2 is 2.14 bits per heavy atom. The summed E-state index contributed by atoms with van der Waals surface area (Å²) >= 11 is 5.70. The van der Waals surface area contributed by atoms with Crippen LogP contribution in [0.3, 0.4) is 0 Å². The van der Waals surface area contributed by atoms with Gasteiger partial charge in [-0.2, -0.15) is 0 Å². The summed E-state index contributed by atoms with van der Waals surface area (Å²) in [6.07, 6.45) is 1.70. The number of pyridine rings is 1. The minimum Gasteiger partial charge on any atom is -0.370 e. The fraction of sp³-hybridized carbons (Fsp3) is 0.545. The summed E-state index contributed by atoms with van der Waals surface area (Å²) in [5.41, 5.74) is -0.149. The molecule has 0 radical (unpaired) electrons. The lowest BCUT2D eigenvalue weighted by Crippen LogP contribution is -2.31. The van der Waals surface area contributed by atoms with E-state index in [4.69, 9.17) is 11.6 Å². The molecule has 0 unspecified atom stereocenters. The largest absolute Gasteiger partial charge is 0.370 e. The van der Waals surface area contributed by atoms with Gasteiger partial charge in [-0.1, -0.05) is 18.5 Å². The Hall–Kier alpha value is -1.45. The molecule has 0 aliphatic rings. The minimum atomic E-state index is -3.21. The topological polar surface area (TPSA) is 105 Å². The average Bonchev–Trinajstić information content (AvgIpc) is 2.36. The number of nitro groups is 1. The lowest BCUT2D eigenvalue weighted by atomic mass is 10.3. The number of nitrogens with zero attached hydrogens (tertiary/aromatic N) is 3. The summed E-state index contributed by atoms with van der Waals surface area (Å²) in [6, 6.07) is 2.44. The Balaban J connectivity index is 2.55. The molecule has 1 N–H and O–H groups in total. The van der Waals surface area contributed by atoms with Crippen LogP contribution in [0.25, 0.3) is 0 Å². The zero-order valence-electron chi connectivity index (χ0n) is 11.7. The Kier molecular flexibility index (Phi) is 6.31. The van der Waals surface area contributed by atoms with Crippen molar-refractivity contribution in [3.63, 3.8) is 0 Å². The van der Waals surface area contributed by atoms with E-state index in [1.807, 2.05) is 0 Å². The van der Waals surface area contributed by atoms with Crippen molar-refractivity contribution in [2.75, 3.05) is 31.2 Å². The highest BCUT2D eigenvalue weighted by atomic mass is 35.5. The molecule has 0 amide bonds. The predicted octanol–water partition coefficient (Wildman–Crippen LogP) is 1.73. The lowest BCUT2D eigenvalue weighted by molar-refractivity contribution is -0.384. The maximum atomic E-state index is 11.4. The molecule has 0 atom stereocenters. The third-order valence-electron chi connectivity index (χ3n) is 2.70. The van der Waals surface area contributed by atoms with Crippen LogP contribution in [0.4, 0.5) is 11.5 Å². The van der Waals surface area contributed by atoms with E-state index in [9.17, 15) is 18.5 Å². The summed E-state index contributed by atoms with van der Waals surface area (Å²) in [5, 5.41) is 13.6. The molecule has 118 valence electrons. The van der Waals surface area contributed by atoms with E-state index in [1.165, 1.54) is 10.4 Å². The Morgan fingerprint density at radius 3 is 2.67 bits per heavy atom. The highest BCUT2D eigenvalue weighted by Gasteiger charge is 2.13. The molecule has 1 rings (SSSR count). The zero-order chi connectivity index (χ0) is 16.0. The molecule has 0 bridgehead atoms. The van der Waals surface area contributed by atoms with Crippen LogP contribution in [0.2, 0.25) is 5.15 Å². The molecule has 1 aromatic rings. The molecular weight excluding hydrogens is 320 g/mol. The van der Waals surface area contributed by atoms with Crippen molar-refractivity contribution in [1.82, 2.24) is 9.29 Å². The number of hydrogen-bond acceptors (Lipinski definition) is 6. The van der Waals surface area contributed by atoms with Gasteiger partial charge in [0, 0.05) is 19.6 Å². The second-order valence-corrected chi connectivity index (χ2v) is 6.70. The van der Waals surface area contributed by atoms with Gasteiger partial charge in [-0.25, -0.2) is 17.7 Å². The van der Waals surface area contributed by atoms with Crippen LogP contribution in [-0.4, -0.2) is 48.5 Å². The van der Waals surface area contributed by atoms with Gasteiger partial charge in [-0.05, 0) is 6.42 Å². The molecule has 0 spiro atoms. The van der Waals surface area contributed by atoms with Crippen molar-refractivity contribution in [1.29, 1.82) is 0 Å². The number of nitrogens with one attached hydrogen (secondary N) is 1.